The van der Waals surface area contributed by atoms with Crippen LogP contribution in [0.5, 0.6) is 5.75 Å². The van der Waals surface area contributed by atoms with Crippen molar-refractivity contribution in [2.75, 3.05) is 29.9 Å². The zero-order valence-electron chi connectivity index (χ0n) is 19.0. The number of ether oxygens (including phenoxy) is 1. The lowest BCUT2D eigenvalue weighted by Crippen LogP contribution is -2.38. The van der Waals surface area contributed by atoms with E-state index in [1.807, 2.05) is 30.0 Å². The third-order valence-corrected chi connectivity index (χ3v) is 5.82. The number of aromatic nitrogens is 1. The van der Waals surface area contributed by atoms with Gasteiger partial charge in [-0.05, 0) is 62.1 Å². The van der Waals surface area contributed by atoms with Crippen LogP contribution < -0.4 is 15.0 Å². The Labute approximate surface area is 193 Å². The van der Waals surface area contributed by atoms with Gasteiger partial charge >= 0.3 is 0 Å². The van der Waals surface area contributed by atoms with Crippen LogP contribution in [-0.4, -0.2) is 30.6 Å². The van der Waals surface area contributed by atoms with Crippen molar-refractivity contribution in [3.63, 3.8) is 0 Å². The van der Waals surface area contributed by atoms with Crippen LogP contribution in [0.25, 0.3) is 11.7 Å². The standard InChI is InChI=1S/C25H28N4O4/c1-3-4-13-31-19-7-8-20(17(2)15-19)27-23(30)18-9-11-29(12-10-18)25-21(16-26)28-24(33-25)22-6-5-14-32-22/h5-8,14-15,18H,3-4,9-13H2,1-2H3,(H,27,30). The molecule has 0 unspecified atom stereocenters. The highest BCUT2D eigenvalue weighted by Gasteiger charge is 2.29. The molecule has 0 radical (unpaired) electrons. The number of benzene rings is 1. The van der Waals surface area contributed by atoms with Crippen molar-refractivity contribution in [2.45, 2.75) is 39.5 Å². The van der Waals surface area contributed by atoms with Crippen LogP contribution in [0, 0.1) is 24.2 Å². The molecule has 2 aromatic heterocycles. The summed E-state index contributed by atoms with van der Waals surface area (Å²) in [6, 6.07) is 11.3. The molecule has 172 valence electrons. The van der Waals surface area contributed by atoms with Crippen LogP contribution in [0.1, 0.15) is 43.9 Å². The number of carbonyl (C=O) groups is 1. The number of furan rings is 1. The number of hydrogen-bond donors (Lipinski definition) is 1. The Balaban J connectivity index is 1.35. The number of nitriles is 1. The maximum absolute atomic E-state index is 12.9. The molecule has 1 amide bonds. The molecule has 3 heterocycles. The minimum absolute atomic E-state index is 0.00625. The maximum atomic E-state index is 12.9. The van der Waals surface area contributed by atoms with Crippen molar-refractivity contribution >= 4 is 17.5 Å². The number of amides is 1. The fourth-order valence-corrected chi connectivity index (χ4v) is 3.88. The Hall–Kier alpha value is -3.73. The third-order valence-electron chi connectivity index (χ3n) is 5.82. The van der Waals surface area contributed by atoms with E-state index in [9.17, 15) is 10.1 Å². The van der Waals surface area contributed by atoms with Gasteiger partial charge in [-0.2, -0.15) is 10.2 Å². The number of unbranched alkanes of at least 4 members (excludes halogenated alkanes) is 1. The van der Waals surface area contributed by atoms with Gasteiger partial charge in [0.15, 0.2) is 5.76 Å². The summed E-state index contributed by atoms with van der Waals surface area (Å²) < 4.78 is 16.9. The van der Waals surface area contributed by atoms with E-state index in [2.05, 4.69) is 23.3 Å². The average Bonchev–Trinajstić information content (AvgIpc) is 3.51. The summed E-state index contributed by atoms with van der Waals surface area (Å²) in [6.07, 6.45) is 4.95. The second-order valence-electron chi connectivity index (χ2n) is 8.19. The Bertz CT molecular complexity index is 1120. The van der Waals surface area contributed by atoms with Crippen molar-refractivity contribution in [2.24, 2.45) is 5.92 Å². The highest BCUT2D eigenvalue weighted by atomic mass is 16.5. The molecule has 1 fully saturated rings. The topological polar surface area (TPSA) is 105 Å². The largest absolute Gasteiger partial charge is 0.494 e. The van der Waals surface area contributed by atoms with Gasteiger partial charge in [-0.25, -0.2) is 0 Å². The van der Waals surface area contributed by atoms with Gasteiger partial charge in [-0.1, -0.05) is 13.3 Å². The lowest BCUT2D eigenvalue weighted by atomic mass is 9.95. The SMILES string of the molecule is CCCCOc1ccc(NC(=O)C2CCN(c3oc(-c4ccco4)nc3C#N)CC2)c(C)c1. The molecule has 0 bridgehead atoms. The predicted octanol–water partition coefficient (Wildman–Crippen LogP) is 5.15. The lowest BCUT2D eigenvalue weighted by molar-refractivity contribution is -0.120. The van der Waals surface area contributed by atoms with Crippen LogP contribution in [0.3, 0.4) is 0 Å². The first-order chi connectivity index (χ1) is 16.1. The summed E-state index contributed by atoms with van der Waals surface area (Å²) >= 11 is 0. The van der Waals surface area contributed by atoms with E-state index < -0.39 is 0 Å². The maximum Gasteiger partial charge on any atom is 0.266 e. The van der Waals surface area contributed by atoms with Crippen molar-refractivity contribution < 1.29 is 18.4 Å². The Morgan fingerprint density at radius 2 is 2.15 bits per heavy atom. The molecule has 1 aliphatic rings. The monoisotopic (exact) mass is 448 g/mol. The second kappa shape index (κ2) is 10.3. The number of carbonyl (C=O) groups excluding carboxylic acids is 1. The van der Waals surface area contributed by atoms with Crippen molar-refractivity contribution in [1.82, 2.24) is 4.98 Å². The molecule has 1 saturated heterocycles. The van der Waals surface area contributed by atoms with Gasteiger partial charge in [0.25, 0.3) is 5.89 Å². The normalized spacial score (nSPS) is 14.2. The number of hydrogen-bond acceptors (Lipinski definition) is 7. The van der Waals surface area contributed by atoms with Crippen molar-refractivity contribution in [3.8, 4) is 23.5 Å². The summed E-state index contributed by atoms with van der Waals surface area (Å²) in [5.74, 6) is 1.90. The van der Waals surface area contributed by atoms with Gasteiger partial charge in [-0.15, -0.1) is 0 Å². The van der Waals surface area contributed by atoms with Gasteiger partial charge in [-0.3, -0.25) is 4.79 Å². The first-order valence-corrected chi connectivity index (χ1v) is 11.3. The number of nitrogens with one attached hydrogen (secondary N) is 1. The minimum atomic E-state index is -0.112. The van der Waals surface area contributed by atoms with Gasteiger partial charge in [0.1, 0.15) is 11.8 Å². The molecule has 0 saturated carbocycles. The van der Waals surface area contributed by atoms with Crippen LogP contribution >= 0.6 is 0 Å². The number of oxazole rings is 1. The van der Waals surface area contributed by atoms with Gasteiger partial charge in [0.2, 0.25) is 17.5 Å². The predicted molar refractivity (Wildman–Crippen MR) is 124 cm³/mol. The van der Waals surface area contributed by atoms with E-state index in [0.29, 0.717) is 44.2 Å². The molecule has 1 aromatic carbocycles. The van der Waals surface area contributed by atoms with Crippen LogP contribution in [0.15, 0.2) is 45.4 Å². The van der Waals surface area contributed by atoms with E-state index in [1.54, 1.807) is 12.1 Å². The molecule has 33 heavy (non-hydrogen) atoms. The summed E-state index contributed by atoms with van der Waals surface area (Å²) in [4.78, 5) is 19.1. The van der Waals surface area contributed by atoms with Gasteiger partial charge in [0.05, 0.1) is 12.9 Å². The Morgan fingerprint density at radius 3 is 2.82 bits per heavy atom. The summed E-state index contributed by atoms with van der Waals surface area (Å²) in [7, 11) is 0. The summed E-state index contributed by atoms with van der Waals surface area (Å²) in [6.45, 7) is 5.99. The van der Waals surface area contributed by atoms with Gasteiger partial charge in [0, 0.05) is 24.7 Å². The Morgan fingerprint density at radius 1 is 1.33 bits per heavy atom. The molecule has 8 heteroatoms. The number of rotatable bonds is 8. The molecule has 0 aliphatic carbocycles. The second-order valence-corrected chi connectivity index (χ2v) is 8.19. The van der Waals surface area contributed by atoms with E-state index in [-0.39, 0.29) is 23.4 Å². The van der Waals surface area contributed by atoms with E-state index in [1.165, 1.54) is 6.26 Å². The number of anilines is 2. The van der Waals surface area contributed by atoms with Crippen molar-refractivity contribution in [3.05, 3.63) is 47.9 Å². The number of aryl methyl sites for hydroxylation is 1. The first kappa shape index (κ1) is 22.5. The molecule has 4 rings (SSSR count). The van der Waals surface area contributed by atoms with E-state index in [0.717, 1.165) is 29.8 Å². The number of nitrogens with zero attached hydrogens (tertiary/aromatic N) is 3. The van der Waals surface area contributed by atoms with Crippen molar-refractivity contribution in [1.29, 1.82) is 5.26 Å². The smallest absolute Gasteiger partial charge is 0.266 e. The van der Waals surface area contributed by atoms with Gasteiger partial charge < -0.3 is 23.8 Å². The average molecular weight is 449 g/mol. The molecule has 0 atom stereocenters. The fraction of sp³-hybridized carbons (Fsp3) is 0.400. The van der Waals surface area contributed by atoms with E-state index >= 15 is 0 Å². The first-order valence-electron chi connectivity index (χ1n) is 11.3. The number of piperidine rings is 1. The molecule has 1 N–H and O–H groups in total. The molecule has 8 nitrogen and oxygen atoms in total. The molecule has 0 spiro atoms. The summed E-state index contributed by atoms with van der Waals surface area (Å²) in [5.41, 5.74) is 2.00. The zero-order valence-corrected chi connectivity index (χ0v) is 19.0. The highest BCUT2D eigenvalue weighted by Crippen LogP contribution is 2.32. The molecule has 1 aliphatic heterocycles. The van der Waals surface area contributed by atoms with Crippen LogP contribution in [0.4, 0.5) is 11.6 Å². The quantitative estimate of drug-likeness (QED) is 0.475. The highest BCUT2D eigenvalue weighted by molar-refractivity contribution is 5.93. The van der Waals surface area contributed by atoms with Crippen LogP contribution in [-0.2, 0) is 4.79 Å². The van der Waals surface area contributed by atoms with E-state index in [4.69, 9.17) is 13.6 Å². The fourth-order valence-electron chi connectivity index (χ4n) is 3.88. The Kier molecular flexibility index (Phi) is 6.98. The third kappa shape index (κ3) is 5.20. The lowest BCUT2D eigenvalue weighted by Gasteiger charge is -2.31. The molecule has 3 aromatic rings. The molecular formula is C25H28N4O4. The summed E-state index contributed by atoms with van der Waals surface area (Å²) in [5, 5.41) is 12.5. The minimum Gasteiger partial charge on any atom is -0.494 e. The zero-order chi connectivity index (χ0) is 23.2. The van der Waals surface area contributed by atoms with Crippen LogP contribution in [0.2, 0.25) is 0 Å². The molecular weight excluding hydrogens is 420 g/mol.